The van der Waals surface area contributed by atoms with Crippen LogP contribution in [0.15, 0.2) is 18.2 Å². The van der Waals surface area contributed by atoms with Crippen molar-refractivity contribution in [3.05, 3.63) is 34.3 Å². The summed E-state index contributed by atoms with van der Waals surface area (Å²) in [6.07, 6.45) is 6.42. The lowest BCUT2D eigenvalue weighted by Crippen LogP contribution is -2.35. The monoisotopic (exact) mass is 320 g/mol. The molecule has 2 N–H and O–H groups in total. The maximum absolute atomic E-state index is 6.34. The summed E-state index contributed by atoms with van der Waals surface area (Å²) < 4.78 is 0. The van der Waals surface area contributed by atoms with E-state index in [9.17, 15) is 0 Å². The molecule has 4 rings (SSSR count). The van der Waals surface area contributed by atoms with Crippen molar-refractivity contribution in [2.45, 2.75) is 57.4 Å². The topological polar surface area (TPSA) is 24.1 Å². The first-order chi connectivity index (χ1) is 10.8. The first kappa shape index (κ1) is 16.3. The molecular formula is C19H29ClN2. The molecule has 0 bridgehead atoms. The van der Waals surface area contributed by atoms with Gasteiger partial charge >= 0.3 is 0 Å². The minimum absolute atomic E-state index is 0.424. The van der Waals surface area contributed by atoms with E-state index in [-0.39, 0.29) is 0 Å². The van der Waals surface area contributed by atoms with E-state index in [2.05, 4.69) is 22.8 Å². The standard InChI is InChI=1S/C17H23ClN2.C2H6/c18-15-3-1-2-14-13(15)4-7-17(14)10-16(17)20-11-12-5-8-19-9-6-12;1-2/h1-3,12,16,19-20H,4-11H2;1-2H3. The predicted molar refractivity (Wildman–Crippen MR) is 94.8 cm³/mol. The molecule has 1 aromatic carbocycles. The summed E-state index contributed by atoms with van der Waals surface area (Å²) in [6.45, 7) is 7.59. The van der Waals surface area contributed by atoms with Gasteiger partial charge in [-0.15, -0.1) is 0 Å². The van der Waals surface area contributed by atoms with Gasteiger partial charge in [-0.25, -0.2) is 0 Å². The number of nitrogens with one attached hydrogen (secondary N) is 2. The van der Waals surface area contributed by atoms with Crippen LogP contribution in [-0.2, 0) is 11.8 Å². The first-order valence-corrected chi connectivity index (χ1v) is 9.39. The SMILES string of the molecule is CC.Clc1cccc2c1CCC21CC1NCC1CCNCC1. The molecule has 1 aliphatic heterocycles. The molecule has 3 heteroatoms. The second kappa shape index (κ2) is 6.90. The maximum Gasteiger partial charge on any atom is 0.0440 e. The fourth-order valence-corrected chi connectivity index (χ4v) is 4.57. The summed E-state index contributed by atoms with van der Waals surface area (Å²) in [4.78, 5) is 0. The Morgan fingerprint density at radius 1 is 1.27 bits per heavy atom. The Morgan fingerprint density at radius 2 is 2.05 bits per heavy atom. The van der Waals surface area contributed by atoms with Gasteiger partial charge in [0.15, 0.2) is 0 Å². The third-order valence-electron chi connectivity index (χ3n) is 5.66. The van der Waals surface area contributed by atoms with Gasteiger partial charge in [0.25, 0.3) is 0 Å². The molecule has 2 nitrogen and oxygen atoms in total. The van der Waals surface area contributed by atoms with Gasteiger partial charge in [-0.1, -0.05) is 37.6 Å². The van der Waals surface area contributed by atoms with Crippen LogP contribution in [0.3, 0.4) is 0 Å². The van der Waals surface area contributed by atoms with Crippen molar-refractivity contribution in [2.75, 3.05) is 19.6 Å². The van der Waals surface area contributed by atoms with Crippen molar-refractivity contribution >= 4 is 11.6 Å². The minimum Gasteiger partial charge on any atom is -0.317 e. The van der Waals surface area contributed by atoms with E-state index in [4.69, 9.17) is 11.6 Å². The van der Waals surface area contributed by atoms with E-state index in [1.807, 2.05) is 19.9 Å². The maximum atomic E-state index is 6.34. The highest BCUT2D eigenvalue weighted by Gasteiger charge is 2.58. The lowest BCUT2D eigenvalue weighted by Gasteiger charge is -2.23. The summed E-state index contributed by atoms with van der Waals surface area (Å²) in [6, 6.07) is 7.16. The van der Waals surface area contributed by atoms with Crippen molar-refractivity contribution < 1.29 is 0 Å². The molecule has 2 fully saturated rings. The Kier molecular flexibility index (Phi) is 5.11. The summed E-state index contributed by atoms with van der Waals surface area (Å²) in [5, 5.41) is 8.27. The molecule has 0 aromatic heterocycles. The highest BCUT2D eigenvalue weighted by molar-refractivity contribution is 6.31. The van der Waals surface area contributed by atoms with Crippen LogP contribution < -0.4 is 10.6 Å². The van der Waals surface area contributed by atoms with Gasteiger partial charge in [0.2, 0.25) is 0 Å². The van der Waals surface area contributed by atoms with Gasteiger partial charge in [0.05, 0.1) is 0 Å². The summed E-state index contributed by atoms with van der Waals surface area (Å²) in [5.74, 6) is 0.870. The Hall–Kier alpha value is -0.570. The van der Waals surface area contributed by atoms with E-state index >= 15 is 0 Å². The summed E-state index contributed by atoms with van der Waals surface area (Å²) in [5.41, 5.74) is 3.38. The zero-order chi connectivity index (χ0) is 15.6. The number of halogens is 1. The Bertz CT molecular complexity index is 510. The number of fused-ring (bicyclic) bond motifs is 2. The van der Waals surface area contributed by atoms with E-state index in [0.29, 0.717) is 11.5 Å². The third kappa shape index (κ3) is 2.93. The molecule has 2 atom stereocenters. The first-order valence-electron chi connectivity index (χ1n) is 9.01. The number of benzene rings is 1. The highest BCUT2D eigenvalue weighted by Crippen LogP contribution is 2.57. The van der Waals surface area contributed by atoms with Gasteiger partial charge in [0, 0.05) is 16.5 Å². The largest absolute Gasteiger partial charge is 0.317 e. The van der Waals surface area contributed by atoms with E-state index in [1.54, 1.807) is 0 Å². The number of hydrogen-bond donors (Lipinski definition) is 2. The molecule has 3 aliphatic rings. The van der Waals surface area contributed by atoms with Crippen molar-refractivity contribution in [1.29, 1.82) is 0 Å². The van der Waals surface area contributed by atoms with Gasteiger partial charge in [0.1, 0.15) is 0 Å². The summed E-state index contributed by atoms with van der Waals surface area (Å²) in [7, 11) is 0. The molecule has 1 saturated carbocycles. The Labute approximate surface area is 140 Å². The van der Waals surface area contributed by atoms with Gasteiger partial charge in [-0.2, -0.15) is 0 Å². The van der Waals surface area contributed by atoms with E-state index in [1.165, 1.54) is 62.9 Å². The van der Waals surface area contributed by atoms with Gasteiger partial charge in [-0.3, -0.25) is 0 Å². The normalized spacial score (nSPS) is 29.9. The van der Waals surface area contributed by atoms with Crippen molar-refractivity contribution in [1.82, 2.24) is 10.6 Å². The Morgan fingerprint density at radius 3 is 2.82 bits per heavy atom. The van der Waals surface area contributed by atoms with Crippen LogP contribution in [0.1, 0.15) is 50.7 Å². The van der Waals surface area contributed by atoms with Crippen LogP contribution in [0.5, 0.6) is 0 Å². The molecule has 1 saturated heterocycles. The highest BCUT2D eigenvalue weighted by atomic mass is 35.5. The van der Waals surface area contributed by atoms with Crippen LogP contribution in [0.4, 0.5) is 0 Å². The van der Waals surface area contributed by atoms with Crippen LogP contribution >= 0.6 is 11.6 Å². The fraction of sp³-hybridized carbons (Fsp3) is 0.684. The number of hydrogen-bond acceptors (Lipinski definition) is 2. The molecule has 1 spiro atoms. The van der Waals surface area contributed by atoms with Crippen LogP contribution in [0, 0.1) is 5.92 Å². The average molecular weight is 321 g/mol. The lowest BCUT2D eigenvalue weighted by molar-refractivity contribution is 0.351. The molecule has 22 heavy (non-hydrogen) atoms. The number of rotatable bonds is 3. The van der Waals surface area contributed by atoms with E-state index in [0.717, 1.165) is 10.9 Å². The van der Waals surface area contributed by atoms with Crippen LogP contribution in [0.25, 0.3) is 0 Å². The van der Waals surface area contributed by atoms with Crippen molar-refractivity contribution in [2.24, 2.45) is 5.92 Å². The molecule has 2 unspecified atom stereocenters. The predicted octanol–water partition coefficient (Wildman–Crippen LogP) is 3.91. The molecule has 1 heterocycles. The van der Waals surface area contributed by atoms with Crippen LogP contribution in [0.2, 0.25) is 5.02 Å². The number of piperidine rings is 1. The van der Waals surface area contributed by atoms with E-state index < -0.39 is 0 Å². The second-order valence-corrected chi connectivity index (χ2v) is 7.19. The van der Waals surface area contributed by atoms with Crippen molar-refractivity contribution in [3.8, 4) is 0 Å². The fourth-order valence-electron chi connectivity index (χ4n) is 4.30. The zero-order valence-corrected chi connectivity index (χ0v) is 14.7. The second-order valence-electron chi connectivity index (χ2n) is 6.78. The molecule has 1 aromatic rings. The Balaban J connectivity index is 0.000000693. The molecule has 0 amide bonds. The van der Waals surface area contributed by atoms with Crippen LogP contribution in [-0.4, -0.2) is 25.7 Å². The molecular weight excluding hydrogens is 292 g/mol. The molecule has 2 aliphatic carbocycles. The third-order valence-corrected chi connectivity index (χ3v) is 6.02. The minimum atomic E-state index is 0.424. The summed E-state index contributed by atoms with van der Waals surface area (Å²) >= 11 is 6.34. The smallest absolute Gasteiger partial charge is 0.0440 e. The van der Waals surface area contributed by atoms with Crippen molar-refractivity contribution in [3.63, 3.8) is 0 Å². The quantitative estimate of drug-likeness (QED) is 0.882. The lowest BCUT2D eigenvalue weighted by atomic mass is 9.96. The average Bonchev–Trinajstić information content (AvgIpc) is 3.15. The zero-order valence-electron chi connectivity index (χ0n) is 13.9. The molecule has 122 valence electrons. The van der Waals surface area contributed by atoms with Gasteiger partial charge < -0.3 is 10.6 Å². The van der Waals surface area contributed by atoms with Gasteiger partial charge in [-0.05, 0) is 74.8 Å². The molecule has 0 radical (unpaired) electrons.